The van der Waals surface area contributed by atoms with Crippen molar-refractivity contribution in [2.24, 2.45) is 16.6 Å². The molecule has 0 aromatic carbocycles. The number of guanidine groups is 1. The highest BCUT2D eigenvalue weighted by Crippen LogP contribution is 2.29. The lowest BCUT2D eigenvalue weighted by molar-refractivity contribution is -0.123. The second kappa shape index (κ2) is 13.3. The van der Waals surface area contributed by atoms with E-state index in [-0.39, 0.29) is 53.7 Å². The number of hydrogen-bond donors (Lipinski definition) is 6. The van der Waals surface area contributed by atoms with Crippen LogP contribution in [0, 0.1) is 12.8 Å². The van der Waals surface area contributed by atoms with Gasteiger partial charge in [0.05, 0.1) is 11.8 Å². The van der Waals surface area contributed by atoms with Crippen LogP contribution in [-0.4, -0.2) is 57.0 Å². The van der Waals surface area contributed by atoms with E-state index in [2.05, 4.69) is 35.6 Å². The number of nitrogens with zero attached hydrogens (tertiary/aromatic N) is 5. The van der Waals surface area contributed by atoms with Crippen LogP contribution in [0.4, 0.5) is 23.4 Å². The lowest BCUT2D eigenvalue weighted by atomic mass is 9.84. The molecule has 3 rings (SSSR count). The quantitative estimate of drug-likeness (QED) is 0.147. The fourth-order valence-corrected chi connectivity index (χ4v) is 4.05. The van der Waals surface area contributed by atoms with Crippen LogP contribution in [-0.2, 0) is 9.53 Å². The molecule has 0 aliphatic heterocycles. The molecule has 37 heavy (non-hydrogen) atoms. The van der Waals surface area contributed by atoms with E-state index in [1.54, 1.807) is 13.0 Å². The largest absolute Gasteiger partial charge is 0.384 e. The van der Waals surface area contributed by atoms with Crippen LogP contribution in [0.1, 0.15) is 61.1 Å². The highest BCUT2D eigenvalue weighted by molar-refractivity contribution is 6.06. The number of rotatable bonds is 10. The fourth-order valence-electron chi connectivity index (χ4n) is 4.05. The summed E-state index contributed by atoms with van der Waals surface area (Å²) >= 11 is 0. The molecule has 0 spiro atoms. The number of aromatic nitrogens is 4. The standard InChI is InChI=1S/C23H35N11O3/c1-13-19(25)33-20(26)18(30-13)21(36)34-22(27)28-10-3-2-4-14-5-7-15(8-6-14)37-12-17(35)32-23-29-11-9-16(24)31-23/h9,11,14-15H,2-8,10,12H2,1H3,(H4,25,26,33)(H3,27,28,34,36)(H3,24,29,31,32,35). The van der Waals surface area contributed by atoms with Gasteiger partial charge in [-0.05, 0) is 51.0 Å². The Hall–Kier alpha value is -4.07. The molecule has 2 amide bonds. The number of nitrogens with two attached hydrogens (primary N) is 4. The second-order valence-electron chi connectivity index (χ2n) is 8.95. The number of aliphatic imine (C=N–C) groups is 1. The number of nitrogen functional groups attached to an aromatic ring is 3. The average Bonchev–Trinajstić information content (AvgIpc) is 2.85. The van der Waals surface area contributed by atoms with Crippen LogP contribution in [0.25, 0.3) is 0 Å². The van der Waals surface area contributed by atoms with Gasteiger partial charge in [0, 0.05) is 12.7 Å². The maximum Gasteiger partial charge on any atom is 0.280 e. The topological polar surface area (TPSA) is 235 Å². The van der Waals surface area contributed by atoms with E-state index in [1.165, 1.54) is 6.20 Å². The lowest BCUT2D eigenvalue weighted by Gasteiger charge is -2.28. The molecule has 0 unspecified atom stereocenters. The molecule has 1 fully saturated rings. The third kappa shape index (κ3) is 8.83. The monoisotopic (exact) mass is 513 g/mol. The molecule has 14 nitrogen and oxygen atoms in total. The number of aryl methyl sites for hydroxylation is 1. The second-order valence-corrected chi connectivity index (χ2v) is 8.95. The fraction of sp³-hybridized carbons (Fsp3) is 0.522. The summed E-state index contributed by atoms with van der Waals surface area (Å²) in [4.78, 5) is 44.4. The Morgan fingerprint density at radius 3 is 2.57 bits per heavy atom. The van der Waals surface area contributed by atoms with Crippen LogP contribution < -0.4 is 33.6 Å². The molecular formula is C23H35N11O3. The summed E-state index contributed by atoms with van der Waals surface area (Å²) < 4.78 is 5.76. The number of unbranched alkanes of at least 4 members (excludes halogenated alkanes) is 1. The van der Waals surface area contributed by atoms with E-state index >= 15 is 0 Å². The Morgan fingerprint density at radius 2 is 1.84 bits per heavy atom. The summed E-state index contributed by atoms with van der Waals surface area (Å²) in [5.74, 6) is 0.301. The van der Waals surface area contributed by atoms with Crippen molar-refractivity contribution in [1.29, 1.82) is 0 Å². The van der Waals surface area contributed by atoms with E-state index in [0.29, 0.717) is 18.2 Å². The lowest BCUT2D eigenvalue weighted by Crippen LogP contribution is -2.38. The van der Waals surface area contributed by atoms with E-state index in [1.807, 2.05) is 0 Å². The summed E-state index contributed by atoms with van der Waals surface area (Å²) in [5.41, 5.74) is 23.1. The zero-order valence-electron chi connectivity index (χ0n) is 20.9. The maximum atomic E-state index is 12.3. The van der Waals surface area contributed by atoms with Crippen molar-refractivity contribution in [3.63, 3.8) is 0 Å². The third-order valence-corrected chi connectivity index (χ3v) is 6.07. The summed E-state index contributed by atoms with van der Waals surface area (Å²) in [7, 11) is 0. The van der Waals surface area contributed by atoms with Gasteiger partial charge in [-0.3, -0.25) is 25.2 Å². The summed E-state index contributed by atoms with van der Waals surface area (Å²) in [6.07, 6.45) is 8.42. The van der Waals surface area contributed by atoms with Crippen LogP contribution >= 0.6 is 0 Å². The van der Waals surface area contributed by atoms with Crippen molar-refractivity contribution >= 4 is 41.2 Å². The minimum absolute atomic E-state index is 0.00432. The zero-order chi connectivity index (χ0) is 26.8. The summed E-state index contributed by atoms with van der Waals surface area (Å²) in [6, 6.07) is 1.55. The Balaban J connectivity index is 1.27. The average molecular weight is 514 g/mol. The first-order valence-electron chi connectivity index (χ1n) is 12.2. The zero-order valence-corrected chi connectivity index (χ0v) is 20.9. The highest BCUT2D eigenvalue weighted by Gasteiger charge is 2.22. The van der Waals surface area contributed by atoms with Crippen LogP contribution in [0.15, 0.2) is 17.3 Å². The molecule has 0 bridgehead atoms. The van der Waals surface area contributed by atoms with E-state index in [9.17, 15) is 9.59 Å². The number of hydrogen-bond acceptors (Lipinski definition) is 11. The van der Waals surface area contributed by atoms with Gasteiger partial charge >= 0.3 is 0 Å². The van der Waals surface area contributed by atoms with Crippen molar-refractivity contribution in [3.8, 4) is 0 Å². The summed E-state index contributed by atoms with van der Waals surface area (Å²) in [5, 5.41) is 5.05. The molecular weight excluding hydrogens is 478 g/mol. The van der Waals surface area contributed by atoms with Gasteiger partial charge in [0.25, 0.3) is 11.8 Å². The number of carbonyl (C=O) groups is 2. The number of anilines is 4. The smallest absolute Gasteiger partial charge is 0.280 e. The van der Waals surface area contributed by atoms with E-state index in [4.69, 9.17) is 27.7 Å². The predicted molar refractivity (Wildman–Crippen MR) is 140 cm³/mol. The molecule has 0 atom stereocenters. The molecule has 200 valence electrons. The number of ether oxygens (including phenoxy) is 1. The SMILES string of the molecule is Cc1nc(C(=O)NC(N)=NCCCCC2CCC(OCC(=O)Nc3nccc(N)n3)CC2)c(N)nc1N. The van der Waals surface area contributed by atoms with Gasteiger partial charge in [-0.1, -0.05) is 12.8 Å². The van der Waals surface area contributed by atoms with Crippen molar-refractivity contribution in [1.82, 2.24) is 25.3 Å². The van der Waals surface area contributed by atoms with E-state index < -0.39 is 5.91 Å². The number of carbonyl (C=O) groups excluding carboxylic acids is 2. The molecule has 10 N–H and O–H groups in total. The van der Waals surface area contributed by atoms with Crippen LogP contribution in [0.5, 0.6) is 0 Å². The van der Waals surface area contributed by atoms with Crippen molar-refractivity contribution < 1.29 is 14.3 Å². The molecule has 2 aromatic rings. The predicted octanol–water partition coefficient (Wildman–Crippen LogP) is 0.751. The van der Waals surface area contributed by atoms with Gasteiger partial charge < -0.3 is 27.7 Å². The Kier molecular flexibility index (Phi) is 9.89. The number of nitrogens with one attached hydrogen (secondary N) is 2. The minimum Gasteiger partial charge on any atom is -0.384 e. The van der Waals surface area contributed by atoms with Crippen molar-refractivity contribution in [2.45, 2.75) is 58.0 Å². The Labute approximate surface area is 215 Å². The highest BCUT2D eigenvalue weighted by atomic mass is 16.5. The normalized spacial score (nSPS) is 17.8. The van der Waals surface area contributed by atoms with Gasteiger partial charge in [-0.15, -0.1) is 0 Å². The van der Waals surface area contributed by atoms with Crippen LogP contribution in [0.3, 0.4) is 0 Å². The first-order valence-corrected chi connectivity index (χ1v) is 12.2. The van der Waals surface area contributed by atoms with Gasteiger partial charge in [-0.25, -0.2) is 15.0 Å². The van der Waals surface area contributed by atoms with Crippen LogP contribution in [0.2, 0.25) is 0 Å². The van der Waals surface area contributed by atoms with Crippen molar-refractivity contribution in [2.75, 3.05) is 35.7 Å². The minimum atomic E-state index is -0.580. The first kappa shape index (κ1) is 27.5. The van der Waals surface area contributed by atoms with Gasteiger partial charge in [0.15, 0.2) is 17.5 Å². The first-order chi connectivity index (χ1) is 17.7. The maximum absolute atomic E-state index is 12.3. The molecule has 1 saturated carbocycles. The Morgan fingerprint density at radius 1 is 1.08 bits per heavy atom. The molecule has 0 saturated heterocycles. The van der Waals surface area contributed by atoms with E-state index in [0.717, 1.165) is 44.9 Å². The van der Waals surface area contributed by atoms with Gasteiger partial charge in [0.2, 0.25) is 5.95 Å². The Bertz CT molecular complexity index is 1120. The van der Waals surface area contributed by atoms with Gasteiger partial charge in [0.1, 0.15) is 18.2 Å². The summed E-state index contributed by atoms with van der Waals surface area (Å²) in [6.45, 7) is 2.09. The third-order valence-electron chi connectivity index (χ3n) is 6.07. The molecule has 14 heteroatoms. The van der Waals surface area contributed by atoms with Crippen molar-refractivity contribution in [3.05, 3.63) is 23.7 Å². The number of amides is 2. The molecule has 2 aromatic heterocycles. The molecule has 0 radical (unpaired) electrons. The molecule has 1 aliphatic carbocycles. The molecule has 2 heterocycles. The molecule has 1 aliphatic rings. The van der Waals surface area contributed by atoms with Gasteiger partial charge in [-0.2, -0.15) is 4.98 Å².